The minimum Gasteiger partial charge on any atom is -0.466 e. The lowest BCUT2D eigenvalue weighted by molar-refractivity contribution is -0.157. The van der Waals surface area contributed by atoms with E-state index in [1.165, 1.54) is 4.31 Å². The van der Waals surface area contributed by atoms with Gasteiger partial charge in [-0.05, 0) is 43.9 Å². The molecule has 1 aromatic heterocycles. The monoisotopic (exact) mass is 438 g/mol. The highest BCUT2D eigenvalue weighted by atomic mass is 32.2. The van der Waals surface area contributed by atoms with Gasteiger partial charge in [-0.3, -0.25) is 9.78 Å². The van der Waals surface area contributed by atoms with Gasteiger partial charge < -0.3 is 4.74 Å². The highest BCUT2D eigenvalue weighted by Crippen LogP contribution is 2.38. The zero-order valence-electron chi connectivity index (χ0n) is 17.5. The number of rotatable bonds is 6. The van der Waals surface area contributed by atoms with Gasteiger partial charge in [0, 0.05) is 24.7 Å². The van der Waals surface area contributed by atoms with E-state index in [1.807, 2.05) is 42.5 Å². The van der Waals surface area contributed by atoms with Crippen LogP contribution >= 0.6 is 0 Å². The van der Waals surface area contributed by atoms with E-state index in [-0.39, 0.29) is 24.0 Å². The van der Waals surface area contributed by atoms with Crippen molar-refractivity contribution < 1.29 is 17.9 Å². The maximum absolute atomic E-state index is 13.7. The number of fused-ring (bicyclic) bond motifs is 1. The van der Waals surface area contributed by atoms with E-state index in [4.69, 9.17) is 4.74 Å². The second-order valence-corrected chi connectivity index (χ2v) is 9.84. The summed E-state index contributed by atoms with van der Waals surface area (Å²) in [6.07, 6.45) is 3.20. The molecule has 2 heterocycles. The van der Waals surface area contributed by atoms with Crippen molar-refractivity contribution in [2.45, 2.75) is 31.1 Å². The molecular formula is C24H26N2O4S. The Hall–Kier alpha value is -2.77. The SMILES string of the molecule is CCOC(=O)[C@@]1(Cc2ccccc2)CCCN(S(=O)(=O)c2cccc3cccnc23)C1. The van der Waals surface area contributed by atoms with E-state index >= 15 is 0 Å². The first-order chi connectivity index (χ1) is 15.0. The number of carbonyl (C=O) groups is 1. The first-order valence-corrected chi connectivity index (χ1v) is 12.0. The van der Waals surface area contributed by atoms with Crippen LogP contribution in [0.3, 0.4) is 0 Å². The van der Waals surface area contributed by atoms with Gasteiger partial charge in [0.05, 0.1) is 17.5 Å². The fraction of sp³-hybridized carbons (Fsp3) is 0.333. The number of piperidine rings is 1. The molecule has 31 heavy (non-hydrogen) atoms. The average molecular weight is 439 g/mol. The normalized spacial score (nSPS) is 19.9. The summed E-state index contributed by atoms with van der Waals surface area (Å²) in [5.41, 5.74) is 0.516. The molecule has 1 aliphatic rings. The Kier molecular flexibility index (Phi) is 6.07. The second kappa shape index (κ2) is 8.77. The number of ether oxygens (including phenoxy) is 1. The summed E-state index contributed by atoms with van der Waals surface area (Å²) in [7, 11) is -3.84. The molecule has 6 nitrogen and oxygen atoms in total. The van der Waals surface area contributed by atoms with Crippen LogP contribution in [0.25, 0.3) is 10.9 Å². The van der Waals surface area contributed by atoms with Crippen LogP contribution in [0.4, 0.5) is 0 Å². The van der Waals surface area contributed by atoms with Gasteiger partial charge in [-0.15, -0.1) is 0 Å². The third-order valence-electron chi connectivity index (χ3n) is 5.85. The van der Waals surface area contributed by atoms with Crippen LogP contribution < -0.4 is 0 Å². The minimum atomic E-state index is -3.84. The predicted molar refractivity (Wildman–Crippen MR) is 119 cm³/mol. The van der Waals surface area contributed by atoms with E-state index in [1.54, 1.807) is 31.3 Å². The molecule has 0 radical (unpaired) electrons. The smallest absolute Gasteiger partial charge is 0.313 e. The van der Waals surface area contributed by atoms with Crippen LogP contribution in [0.1, 0.15) is 25.3 Å². The van der Waals surface area contributed by atoms with Crippen LogP contribution in [0.5, 0.6) is 0 Å². The van der Waals surface area contributed by atoms with E-state index in [0.29, 0.717) is 31.3 Å². The molecule has 7 heteroatoms. The second-order valence-electron chi connectivity index (χ2n) is 7.94. The van der Waals surface area contributed by atoms with Gasteiger partial charge in [0.2, 0.25) is 10.0 Å². The van der Waals surface area contributed by atoms with E-state index in [2.05, 4.69) is 4.98 Å². The number of hydrogen-bond donors (Lipinski definition) is 0. The van der Waals surface area contributed by atoms with Crippen LogP contribution in [-0.2, 0) is 26.0 Å². The maximum atomic E-state index is 13.7. The molecule has 0 saturated carbocycles. The number of pyridine rings is 1. The van der Waals surface area contributed by atoms with Crippen molar-refractivity contribution in [3.8, 4) is 0 Å². The molecule has 3 aromatic rings. The molecule has 1 atom stereocenters. The van der Waals surface area contributed by atoms with Crippen molar-refractivity contribution >= 4 is 26.9 Å². The van der Waals surface area contributed by atoms with E-state index in [0.717, 1.165) is 10.9 Å². The number of carbonyl (C=O) groups excluding carboxylic acids is 1. The number of sulfonamides is 1. The Labute approximate surface area is 182 Å². The fourth-order valence-corrected chi connectivity index (χ4v) is 6.10. The first kappa shape index (κ1) is 21.5. The zero-order valence-corrected chi connectivity index (χ0v) is 18.3. The number of esters is 1. The molecule has 0 spiro atoms. The topological polar surface area (TPSA) is 76.6 Å². The van der Waals surface area contributed by atoms with Gasteiger partial charge in [0.25, 0.3) is 0 Å². The van der Waals surface area contributed by atoms with Crippen LogP contribution in [-0.4, -0.2) is 43.4 Å². The Morgan fingerprint density at radius 2 is 1.87 bits per heavy atom. The lowest BCUT2D eigenvalue weighted by Gasteiger charge is -2.40. The molecular weight excluding hydrogens is 412 g/mol. The maximum Gasteiger partial charge on any atom is 0.313 e. The third kappa shape index (κ3) is 4.20. The van der Waals surface area contributed by atoms with Crippen molar-refractivity contribution in [1.29, 1.82) is 0 Å². The number of nitrogens with zero attached hydrogens (tertiary/aromatic N) is 2. The number of aromatic nitrogens is 1. The van der Waals surface area contributed by atoms with Gasteiger partial charge in [-0.1, -0.05) is 48.5 Å². The molecule has 0 bridgehead atoms. The molecule has 1 saturated heterocycles. The quantitative estimate of drug-likeness (QED) is 0.547. The Morgan fingerprint density at radius 1 is 1.10 bits per heavy atom. The minimum absolute atomic E-state index is 0.0896. The van der Waals surface area contributed by atoms with Gasteiger partial charge >= 0.3 is 5.97 Å². The molecule has 0 N–H and O–H groups in total. The summed E-state index contributed by atoms with van der Waals surface area (Å²) in [4.78, 5) is 17.6. The zero-order chi connectivity index (χ0) is 21.9. The molecule has 1 aliphatic heterocycles. The molecule has 162 valence electrons. The summed E-state index contributed by atoms with van der Waals surface area (Å²) in [5, 5.41) is 0.765. The van der Waals surface area contributed by atoms with Gasteiger partial charge in [-0.2, -0.15) is 4.31 Å². The predicted octanol–water partition coefficient (Wildman–Crippen LogP) is 3.81. The molecule has 0 amide bonds. The highest BCUT2D eigenvalue weighted by Gasteiger charge is 2.46. The van der Waals surface area contributed by atoms with Crippen molar-refractivity contribution in [1.82, 2.24) is 9.29 Å². The molecule has 0 aliphatic carbocycles. The number of hydrogen-bond acceptors (Lipinski definition) is 5. The number of para-hydroxylation sites is 1. The fourth-order valence-electron chi connectivity index (χ4n) is 4.37. The summed E-state index contributed by atoms with van der Waals surface area (Å²) in [5.74, 6) is -0.338. The standard InChI is InChI=1S/C24H26N2O4S/c1-2-30-23(27)24(17-19-9-4-3-5-10-19)14-8-16-26(18-24)31(28,29)21-13-6-11-20-12-7-15-25-22(20)21/h3-7,9-13,15H,2,8,14,16-18H2,1H3/t24-/m1/s1. The van der Waals surface area contributed by atoms with Crippen LogP contribution in [0, 0.1) is 5.41 Å². The molecule has 2 aromatic carbocycles. The third-order valence-corrected chi connectivity index (χ3v) is 7.73. The summed E-state index contributed by atoms with van der Waals surface area (Å²) >= 11 is 0. The highest BCUT2D eigenvalue weighted by molar-refractivity contribution is 7.89. The lowest BCUT2D eigenvalue weighted by atomic mass is 9.75. The van der Waals surface area contributed by atoms with Crippen molar-refractivity contribution in [2.24, 2.45) is 5.41 Å². The van der Waals surface area contributed by atoms with Gasteiger partial charge in [0.15, 0.2) is 0 Å². The van der Waals surface area contributed by atoms with Crippen molar-refractivity contribution in [2.75, 3.05) is 19.7 Å². The summed E-state index contributed by atoms with van der Waals surface area (Å²) in [6, 6.07) is 18.5. The van der Waals surface area contributed by atoms with Gasteiger partial charge in [-0.25, -0.2) is 8.42 Å². The molecule has 0 unspecified atom stereocenters. The summed E-state index contributed by atoms with van der Waals surface area (Å²) in [6.45, 7) is 2.48. The average Bonchev–Trinajstić information content (AvgIpc) is 2.79. The van der Waals surface area contributed by atoms with E-state index in [9.17, 15) is 13.2 Å². The van der Waals surface area contributed by atoms with Crippen molar-refractivity contribution in [3.05, 3.63) is 72.4 Å². The van der Waals surface area contributed by atoms with Gasteiger partial charge in [0.1, 0.15) is 4.90 Å². The largest absolute Gasteiger partial charge is 0.466 e. The Balaban J connectivity index is 1.72. The van der Waals surface area contributed by atoms with Crippen LogP contribution in [0.2, 0.25) is 0 Å². The Morgan fingerprint density at radius 3 is 2.65 bits per heavy atom. The molecule has 4 rings (SSSR count). The van der Waals surface area contributed by atoms with Crippen molar-refractivity contribution in [3.63, 3.8) is 0 Å². The van der Waals surface area contributed by atoms with E-state index < -0.39 is 15.4 Å². The molecule has 1 fully saturated rings. The number of benzene rings is 2. The lowest BCUT2D eigenvalue weighted by Crippen LogP contribution is -2.51. The first-order valence-electron chi connectivity index (χ1n) is 10.5. The Bertz CT molecular complexity index is 1180. The van der Waals surface area contributed by atoms with Crippen LogP contribution in [0.15, 0.2) is 71.8 Å². The summed E-state index contributed by atoms with van der Waals surface area (Å²) < 4.78 is 34.2.